The summed E-state index contributed by atoms with van der Waals surface area (Å²) in [6, 6.07) is 2.25. The van der Waals surface area contributed by atoms with Crippen LogP contribution in [0.5, 0.6) is 5.75 Å². The molecule has 19 heavy (non-hydrogen) atoms. The van der Waals surface area contributed by atoms with Gasteiger partial charge >= 0.3 is 0 Å². The van der Waals surface area contributed by atoms with Crippen molar-refractivity contribution >= 4 is 16.9 Å². The van der Waals surface area contributed by atoms with E-state index in [2.05, 4.69) is 15.3 Å². The highest BCUT2D eigenvalue weighted by atomic mass is 16.5. The lowest BCUT2D eigenvalue weighted by molar-refractivity contribution is -0.120. The van der Waals surface area contributed by atoms with Gasteiger partial charge in [0.1, 0.15) is 11.4 Å². The predicted molar refractivity (Wildman–Crippen MR) is 72.2 cm³/mol. The van der Waals surface area contributed by atoms with E-state index in [1.165, 1.54) is 5.56 Å². The van der Waals surface area contributed by atoms with Crippen LogP contribution in [0.15, 0.2) is 18.5 Å². The van der Waals surface area contributed by atoms with Crippen molar-refractivity contribution in [1.82, 2.24) is 15.3 Å². The number of fused-ring (bicyclic) bond motifs is 1. The average molecular weight is 259 g/mol. The van der Waals surface area contributed by atoms with Crippen molar-refractivity contribution in [3.63, 3.8) is 0 Å². The lowest BCUT2D eigenvalue weighted by atomic mass is 10.1. The molecule has 1 aliphatic rings. The monoisotopic (exact) mass is 259 g/mol. The van der Waals surface area contributed by atoms with Crippen LogP contribution >= 0.6 is 0 Å². The van der Waals surface area contributed by atoms with Gasteiger partial charge < -0.3 is 15.0 Å². The first kappa shape index (κ1) is 12.0. The molecule has 1 saturated carbocycles. The number of H-pyrrole nitrogens is 1. The molecule has 1 aliphatic carbocycles. The van der Waals surface area contributed by atoms with E-state index in [1.807, 2.05) is 19.2 Å². The number of rotatable bonds is 4. The normalized spacial score (nSPS) is 21.4. The van der Waals surface area contributed by atoms with E-state index in [0.717, 1.165) is 23.2 Å². The van der Waals surface area contributed by atoms with Crippen LogP contribution in [0.3, 0.4) is 0 Å². The number of methoxy groups -OCH3 is 1. The fraction of sp³-hybridized carbons (Fsp3) is 0.429. The number of aromatic nitrogens is 2. The third-order valence-electron chi connectivity index (χ3n) is 3.63. The Hall–Kier alpha value is -2.04. The average Bonchev–Trinajstić information content (AvgIpc) is 3.06. The van der Waals surface area contributed by atoms with Gasteiger partial charge in [-0.25, -0.2) is 4.98 Å². The molecular weight excluding hydrogens is 242 g/mol. The minimum atomic E-state index is 0.114. The van der Waals surface area contributed by atoms with Crippen LogP contribution in [0, 0.1) is 0 Å². The van der Waals surface area contributed by atoms with Gasteiger partial charge in [-0.05, 0) is 18.1 Å². The van der Waals surface area contributed by atoms with Crippen LogP contribution in [-0.4, -0.2) is 29.0 Å². The number of nitrogens with one attached hydrogen (secondary N) is 2. The summed E-state index contributed by atoms with van der Waals surface area (Å²) in [4.78, 5) is 18.9. The lowest BCUT2D eigenvalue weighted by Gasteiger charge is -2.03. The van der Waals surface area contributed by atoms with Gasteiger partial charge in [-0.15, -0.1) is 0 Å². The van der Waals surface area contributed by atoms with Gasteiger partial charge in [0.25, 0.3) is 0 Å². The van der Waals surface area contributed by atoms with Crippen molar-refractivity contribution < 1.29 is 9.53 Å². The van der Waals surface area contributed by atoms with E-state index < -0.39 is 0 Å². The van der Waals surface area contributed by atoms with Crippen LogP contribution in [0.25, 0.3) is 11.0 Å². The van der Waals surface area contributed by atoms with Crippen molar-refractivity contribution in [1.29, 1.82) is 0 Å². The lowest BCUT2D eigenvalue weighted by Crippen LogP contribution is -2.25. The summed E-state index contributed by atoms with van der Waals surface area (Å²) in [6.45, 7) is 1.87. The molecule has 2 N–H and O–H groups in total. The molecule has 0 aliphatic heterocycles. The van der Waals surface area contributed by atoms with Crippen molar-refractivity contribution in [2.24, 2.45) is 0 Å². The fourth-order valence-corrected chi connectivity index (χ4v) is 2.43. The Balaban J connectivity index is 1.84. The minimum absolute atomic E-state index is 0.114. The molecule has 2 atom stereocenters. The number of ether oxygens (including phenoxy) is 1. The molecule has 1 amide bonds. The first-order valence-corrected chi connectivity index (χ1v) is 6.53. The summed E-state index contributed by atoms with van der Waals surface area (Å²) < 4.78 is 5.21. The number of carbonyl (C=O) groups is 1. The fourth-order valence-electron chi connectivity index (χ4n) is 2.43. The molecule has 0 aromatic carbocycles. The molecule has 3 rings (SSSR count). The maximum Gasteiger partial charge on any atom is 0.219 e. The summed E-state index contributed by atoms with van der Waals surface area (Å²) in [5, 5.41) is 4.11. The third kappa shape index (κ3) is 2.16. The number of nitrogens with zero attached hydrogens (tertiary/aromatic N) is 1. The highest BCUT2D eigenvalue weighted by Crippen LogP contribution is 2.43. The zero-order valence-corrected chi connectivity index (χ0v) is 11.1. The van der Waals surface area contributed by atoms with Crippen LogP contribution in [0.1, 0.15) is 31.2 Å². The Labute approximate surface area is 111 Å². The standard InChI is InChI=1S/C14H17N3O2/c1-3-13(18)17-12-5-9(12)11-7-16-14-10(11)4-8(19-2)6-15-14/h4,6-7,9,12H,3,5H2,1-2H3,(H,15,16)(H,17,18). The van der Waals surface area contributed by atoms with Gasteiger partial charge in [0, 0.05) is 30.0 Å². The molecule has 1 fully saturated rings. The summed E-state index contributed by atoms with van der Waals surface area (Å²) in [6.07, 6.45) is 5.22. The van der Waals surface area contributed by atoms with Crippen molar-refractivity contribution in [2.75, 3.05) is 7.11 Å². The molecule has 2 aromatic rings. The zero-order chi connectivity index (χ0) is 13.4. The molecule has 5 nitrogen and oxygen atoms in total. The van der Waals surface area contributed by atoms with Crippen molar-refractivity contribution in [2.45, 2.75) is 31.7 Å². The summed E-state index contributed by atoms with van der Waals surface area (Å²) in [5.74, 6) is 1.25. The second-order valence-electron chi connectivity index (χ2n) is 4.89. The smallest absolute Gasteiger partial charge is 0.219 e. The van der Waals surface area contributed by atoms with Gasteiger partial charge in [-0.3, -0.25) is 4.79 Å². The zero-order valence-electron chi connectivity index (χ0n) is 11.1. The van der Waals surface area contributed by atoms with E-state index in [-0.39, 0.29) is 11.9 Å². The quantitative estimate of drug-likeness (QED) is 0.882. The molecule has 100 valence electrons. The predicted octanol–water partition coefficient (Wildman–Crippen LogP) is 1.95. The minimum Gasteiger partial charge on any atom is -0.495 e. The van der Waals surface area contributed by atoms with Gasteiger partial charge in [-0.2, -0.15) is 0 Å². The Bertz CT molecular complexity index is 620. The number of pyridine rings is 1. The summed E-state index contributed by atoms with van der Waals surface area (Å²) >= 11 is 0. The Morgan fingerprint density at radius 3 is 3.21 bits per heavy atom. The van der Waals surface area contributed by atoms with Crippen LogP contribution in [-0.2, 0) is 4.79 Å². The van der Waals surface area contributed by atoms with E-state index in [4.69, 9.17) is 4.74 Å². The number of aromatic amines is 1. The second kappa shape index (κ2) is 4.57. The molecule has 2 heterocycles. The molecule has 2 aromatic heterocycles. The molecule has 0 radical (unpaired) electrons. The van der Waals surface area contributed by atoms with E-state index in [9.17, 15) is 4.79 Å². The third-order valence-corrected chi connectivity index (χ3v) is 3.63. The van der Waals surface area contributed by atoms with Gasteiger partial charge in [-0.1, -0.05) is 6.92 Å². The number of amides is 1. The van der Waals surface area contributed by atoms with E-state index >= 15 is 0 Å². The topological polar surface area (TPSA) is 67.0 Å². The Morgan fingerprint density at radius 2 is 2.47 bits per heavy atom. The second-order valence-corrected chi connectivity index (χ2v) is 4.89. The SMILES string of the molecule is CCC(=O)NC1CC1c1c[nH]c2ncc(OC)cc12. The molecule has 5 heteroatoms. The van der Waals surface area contributed by atoms with Gasteiger partial charge in [0.15, 0.2) is 0 Å². The van der Waals surface area contributed by atoms with Crippen molar-refractivity contribution in [3.05, 3.63) is 24.0 Å². The van der Waals surface area contributed by atoms with Gasteiger partial charge in [0.05, 0.1) is 13.3 Å². The molecular formula is C14H17N3O2. The first-order valence-electron chi connectivity index (χ1n) is 6.53. The largest absolute Gasteiger partial charge is 0.495 e. The number of hydrogen-bond donors (Lipinski definition) is 2. The first-order chi connectivity index (χ1) is 9.22. The van der Waals surface area contributed by atoms with Crippen LogP contribution < -0.4 is 10.1 Å². The highest BCUT2D eigenvalue weighted by Gasteiger charge is 2.40. The Morgan fingerprint density at radius 1 is 1.63 bits per heavy atom. The van der Waals surface area contributed by atoms with Gasteiger partial charge in [0.2, 0.25) is 5.91 Å². The summed E-state index contributed by atoms with van der Waals surface area (Å²) in [7, 11) is 1.64. The molecule has 0 saturated heterocycles. The number of hydrogen-bond acceptors (Lipinski definition) is 3. The van der Waals surface area contributed by atoms with Crippen molar-refractivity contribution in [3.8, 4) is 5.75 Å². The van der Waals surface area contributed by atoms with E-state index in [1.54, 1.807) is 13.3 Å². The molecule has 2 unspecified atom stereocenters. The van der Waals surface area contributed by atoms with Crippen LogP contribution in [0.2, 0.25) is 0 Å². The maximum atomic E-state index is 11.4. The van der Waals surface area contributed by atoms with E-state index in [0.29, 0.717) is 12.3 Å². The molecule has 0 bridgehead atoms. The molecule has 0 spiro atoms. The number of carbonyl (C=O) groups excluding carboxylic acids is 1. The Kier molecular flexibility index (Phi) is 2.89. The maximum absolute atomic E-state index is 11.4. The van der Waals surface area contributed by atoms with Crippen LogP contribution in [0.4, 0.5) is 0 Å². The summed E-state index contributed by atoms with van der Waals surface area (Å²) in [5.41, 5.74) is 2.08. The highest BCUT2D eigenvalue weighted by molar-refractivity contribution is 5.83.